The zero-order valence-corrected chi connectivity index (χ0v) is 44.4. The van der Waals surface area contributed by atoms with Crippen molar-refractivity contribution >= 4 is 96.5 Å². The van der Waals surface area contributed by atoms with Crippen molar-refractivity contribution in [2.45, 2.75) is 6.92 Å². The molecule has 0 radical (unpaired) electrons. The number of aryl methyl sites for hydroxylation is 1. The van der Waals surface area contributed by atoms with E-state index < -0.39 is 16.1 Å². The summed E-state index contributed by atoms with van der Waals surface area (Å²) in [5.74, 6) is 0.891. The van der Waals surface area contributed by atoms with Gasteiger partial charge in [0.1, 0.15) is 0 Å². The quantitative estimate of drug-likeness (QED) is 0.102. The minimum Gasteiger partial charge on any atom is -0.279 e. The lowest BCUT2D eigenvalue weighted by atomic mass is 10.2. The van der Waals surface area contributed by atoms with Gasteiger partial charge in [0, 0.05) is 11.4 Å². The number of imidazole rings is 3. The van der Waals surface area contributed by atoms with Crippen LogP contribution in [-0.2, 0) is 0 Å². The normalized spacial score (nSPS) is 12.0. The third-order valence-corrected chi connectivity index (χ3v) is 25.5. The first-order chi connectivity index (χ1) is 38.0. The Morgan fingerprint density at radius 2 is 0.675 bits per heavy atom. The number of fused-ring (bicyclic) bond motifs is 6. The molecule has 0 saturated heterocycles. The molecule has 14 rings (SSSR count). The molecule has 366 valence electrons. The standard InChI is InChI=1S/C69H52N6Si2/c1-50-24-14-16-38-62(50)74-66-42-20-18-40-64(66)72(68(74)70)51-25-22-35-59(48-51)76(53-27-6-2-7-28-53,54-29-8-3-9-30-54)57-44-46-58(47-45-57)77(55-31-10-4-11-32-55,56-33-12-5-13-34-56)60-36-23-26-52(49-60)73-65-41-19-21-43-67(65)75-63-39-17-15-37-61(63)71-69(73)75/h2-49,70H,1H3. The second-order valence-electron chi connectivity index (χ2n) is 20.0. The highest BCUT2D eigenvalue weighted by Gasteiger charge is 2.45. The summed E-state index contributed by atoms with van der Waals surface area (Å²) < 4.78 is 8.84. The predicted molar refractivity (Wildman–Crippen MR) is 324 cm³/mol. The molecule has 77 heavy (non-hydrogen) atoms. The number of aromatic nitrogens is 5. The van der Waals surface area contributed by atoms with Crippen LogP contribution in [0, 0.1) is 12.3 Å². The summed E-state index contributed by atoms with van der Waals surface area (Å²) in [6, 6.07) is 107. The molecular formula is C69H52N6Si2. The zero-order chi connectivity index (χ0) is 51.5. The topological polar surface area (TPSA) is 55.9 Å². The van der Waals surface area contributed by atoms with Gasteiger partial charge in [-0.1, -0.05) is 224 Å². The van der Waals surface area contributed by atoms with Gasteiger partial charge in [-0.05, 0) is 121 Å². The SMILES string of the molecule is Cc1ccccc1-n1c(=N)n(-c2cccc([Si](c3ccccc3)(c3ccccc3)c3ccc([Si](c4ccccc4)(c4ccccc4)c4cccc(-n5c6ccccc6n6c7ccccc7nc56)c4)cc3)c2)c2ccccc21. The van der Waals surface area contributed by atoms with E-state index in [-0.39, 0.29) is 0 Å². The van der Waals surface area contributed by atoms with Gasteiger partial charge in [0.05, 0.1) is 38.8 Å². The summed E-state index contributed by atoms with van der Waals surface area (Å²) in [6.07, 6.45) is 0. The summed E-state index contributed by atoms with van der Waals surface area (Å²) in [5.41, 5.74) is 10.8. The molecular weight excluding hydrogens is 969 g/mol. The Bertz CT molecular complexity index is 4460. The van der Waals surface area contributed by atoms with E-state index in [1.54, 1.807) is 0 Å². The van der Waals surface area contributed by atoms with Gasteiger partial charge >= 0.3 is 0 Å². The predicted octanol–water partition coefficient (Wildman–Crippen LogP) is 9.71. The van der Waals surface area contributed by atoms with Crippen molar-refractivity contribution in [2.24, 2.45) is 0 Å². The lowest BCUT2D eigenvalue weighted by molar-refractivity contribution is 0.851. The van der Waals surface area contributed by atoms with E-state index >= 15 is 0 Å². The van der Waals surface area contributed by atoms with Crippen LogP contribution in [0.1, 0.15) is 5.56 Å². The molecule has 0 unspecified atom stereocenters. The summed E-state index contributed by atoms with van der Waals surface area (Å²) in [7, 11) is -6.22. The van der Waals surface area contributed by atoms with E-state index in [0.717, 1.165) is 61.5 Å². The highest BCUT2D eigenvalue weighted by molar-refractivity contribution is 7.21. The second kappa shape index (κ2) is 18.6. The summed E-state index contributed by atoms with van der Waals surface area (Å²) in [5, 5.41) is 20.2. The fraction of sp³-hybridized carbons (Fsp3) is 0.0145. The first-order valence-electron chi connectivity index (χ1n) is 26.3. The average molecular weight is 1020 g/mol. The third-order valence-electron chi connectivity index (χ3n) is 15.9. The van der Waals surface area contributed by atoms with E-state index in [1.165, 1.54) is 41.5 Å². The number of para-hydroxylation sites is 7. The van der Waals surface area contributed by atoms with Gasteiger partial charge in [-0.3, -0.25) is 23.5 Å². The largest absolute Gasteiger partial charge is 0.279 e. The number of rotatable bonds is 11. The molecule has 3 aromatic heterocycles. The van der Waals surface area contributed by atoms with E-state index in [0.29, 0.717) is 5.62 Å². The molecule has 6 nitrogen and oxygen atoms in total. The Balaban J connectivity index is 1.00. The van der Waals surface area contributed by atoms with Crippen LogP contribution < -0.4 is 47.1 Å². The molecule has 0 saturated carbocycles. The van der Waals surface area contributed by atoms with Crippen molar-refractivity contribution in [3.8, 4) is 17.1 Å². The first-order valence-corrected chi connectivity index (χ1v) is 30.3. The summed E-state index contributed by atoms with van der Waals surface area (Å²) in [4.78, 5) is 5.29. The molecule has 0 aliphatic carbocycles. The second-order valence-corrected chi connectivity index (χ2v) is 27.6. The van der Waals surface area contributed by atoms with Crippen molar-refractivity contribution in [2.75, 3.05) is 0 Å². The van der Waals surface area contributed by atoms with Gasteiger partial charge < -0.3 is 0 Å². The summed E-state index contributed by atoms with van der Waals surface area (Å²) in [6.45, 7) is 2.12. The number of hydrogen-bond acceptors (Lipinski definition) is 2. The number of benzene rings is 11. The third kappa shape index (κ3) is 7.14. The molecule has 0 fully saturated rings. The van der Waals surface area contributed by atoms with Crippen molar-refractivity contribution < 1.29 is 0 Å². The Morgan fingerprint density at radius 1 is 0.312 bits per heavy atom. The van der Waals surface area contributed by atoms with Gasteiger partial charge in [-0.15, -0.1) is 0 Å². The maximum atomic E-state index is 9.94. The van der Waals surface area contributed by atoms with Crippen LogP contribution in [0.4, 0.5) is 0 Å². The Kier molecular flexibility index (Phi) is 11.1. The van der Waals surface area contributed by atoms with Gasteiger partial charge in [0.2, 0.25) is 11.4 Å². The van der Waals surface area contributed by atoms with Crippen molar-refractivity contribution in [3.05, 3.63) is 302 Å². The van der Waals surface area contributed by atoms with Gasteiger partial charge in [-0.2, -0.15) is 0 Å². The highest BCUT2D eigenvalue weighted by atomic mass is 28.3. The molecule has 0 amide bonds. The van der Waals surface area contributed by atoms with Crippen molar-refractivity contribution in [1.29, 1.82) is 5.41 Å². The minimum atomic E-state index is -3.13. The Hall–Kier alpha value is -9.61. The van der Waals surface area contributed by atoms with Crippen LogP contribution in [0.2, 0.25) is 0 Å². The van der Waals surface area contributed by atoms with E-state index in [2.05, 4.69) is 316 Å². The van der Waals surface area contributed by atoms with Crippen LogP contribution in [0.5, 0.6) is 0 Å². The van der Waals surface area contributed by atoms with E-state index in [1.807, 2.05) is 0 Å². The highest BCUT2D eigenvalue weighted by Crippen LogP contribution is 2.30. The molecule has 0 aliphatic rings. The minimum absolute atomic E-state index is 0.397. The lowest BCUT2D eigenvalue weighted by Gasteiger charge is -2.37. The molecule has 8 heteroatoms. The molecule has 0 bridgehead atoms. The summed E-state index contributed by atoms with van der Waals surface area (Å²) >= 11 is 0. The van der Waals surface area contributed by atoms with E-state index in [9.17, 15) is 5.41 Å². The van der Waals surface area contributed by atoms with Gasteiger partial charge in [-0.25, -0.2) is 4.98 Å². The van der Waals surface area contributed by atoms with Crippen molar-refractivity contribution in [1.82, 2.24) is 23.1 Å². The van der Waals surface area contributed by atoms with Crippen LogP contribution in [0.25, 0.3) is 55.9 Å². The maximum absolute atomic E-state index is 9.94. The molecule has 0 aliphatic heterocycles. The molecule has 11 aromatic carbocycles. The van der Waals surface area contributed by atoms with Crippen LogP contribution in [0.3, 0.4) is 0 Å². The monoisotopic (exact) mass is 1020 g/mol. The zero-order valence-electron chi connectivity index (χ0n) is 42.4. The van der Waals surface area contributed by atoms with Crippen LogP contribution >= 0.6 is 0 Å². The Morgan fingerprint density at radius 3 is 1.17 bits per heavy atom. The smallest absolute Gasteiger partial charge is 0.220 e. The first kappa shape index (κ1) is 46.0. The fourth-order valence-corrected chi connectivity index (χ4v) is 22.1. The lowest BCUT2D eigenvalue weighted by Crippen LogP contribution is -2.76. The molecule has 1 N–H and O–H groups in total. The maximum Gasteiger partial charge on any atom is 0.220 e. The molecule has 0 atom stereocenters. The Labute approximate surface area is 448 Å². The van der Waals surface area contributed by atoms with Crippen LogP contribution in [0.15, 0.2) is 291 Å². The molecule has 3 heterocycles. The number of nitrogens with one attached hydrogen (secondary N) is 1. The van der Waals surface area contributed by atoms with Gasteiger partial charge in [0.25, 0.3) is 0 Å². The van der Waals surface area contributed by atoms with Crippen LogP contribution in [-0.4, -0.2) is 39.2 Å². The molecule has 0 spiro atoms. The average Bonchev–Trinajstić information content (AvgIpc) is 4.28. The van der Waals surface area contributed by atoms with Gasteiger partial charge in [0.15, 0.2) is 16.1 Å². The number of nitrogens with zero attached hydrogens (tertiary/aromatic N) is 5. The van der Waals surface area contributed by atoms with Crippen molar-refractivity contribution in [3.63, 3.8) is 0 Å². The van der Waals surface area contributed by atoms with E-state index in [4.69, 9.17) is 4.98 Å². The molecule has 14 aromatic rings. The number of hydrogen-bond donors (Lipinski definition) is 1. The fourth-order valence-electron chi connectivity index (χ4n) is 12.6.